The van der Waals surface area contributed by atoms with Crippen LogP contribution in [-0.4, -0.2) is 14.8 Å². The van der Waals surface area contributed by atoms with Crippen LogP contribution in [-0.2, 0) is 10.0 Å². The van der Waals surface area contributed by atoms with E-state index in [1.54, 1.807) is 19.1 Å². The Kier molecular flexibility index (Phi) is 5.19. The van der Waals surface area contributed by atoms with Gasteiger partial charge in [0.2, 0.25) is 10.0 Å². The molecule has 24 heavy (non-hydrogen) atoms. The van der Waals surface area contributed by atoms with Gasteiger partial charge in [0.15, 0.2) is 0 Å². The van der Waals surface area contributed by atoms with Crippen molar-refractivity contribution in [2.45, 2.75) is 31.1 Å². The van der Waals surface area contributed by atoms with E-state index < -0.39 is 33.1 Å². The summed E-state index contributed by atoms with van der Waals surface area (Å²) in [6, 6.07) is 11.1. The first kappa shape index (κ1) is 18.3. The highest BCUT2D eigenvalue weighted by Gasteiger charge is 2.34. The van der Waals surface area contributed by atoms with Gasteiger partial charge in [0.25, 0.3) is 0 Å². The van der Waals surface area contributed by atoms with E-state index in [0.29, 0.717) is 0 Å². The minimum absolute atomic E-state index is 0.567. The lowest BCUT2D eigenvalue weighted by Gasteiger charge is -2.18. The van der Waals surface area contributed by atoms with Crippen LogP contribution >= 0.6 is 0 Å². The fourth-order valence-corrected chi connectivity index (χ4v) is 3.67. The summed E-state index contributed by atoms with van der Waals surface area (Å²) in [6.07, 6.45) is -4.98. The minimum Gasteiger partial charge on any atom is -0.404 e. The number of sulfonamides is 1. The molecule has 1 atom stereocenters. The molecular formula is C16H16F3NO3S. The van der Waals surface area contributed by atoms with Gasteiger partial charge in [-0.2, -0.15) is 0 Å². The molecule has 2 aromatic rings. The largest absolute Gasteiger partial charge is 0.573 e. The molecule has 0 heterocycles. The van der Waals surface area contributed by atoms with Crippen LogP contribution in [0.5, 0.6) is 5.75 Å². The molecule has 0 fully saturated rings. The number of rotatable bonds is 5. The van der Waals surface area contributed by atoms with E-state index in [4.69, 9.17) is 0 Å². The highest BCUT2D eigenvalue weighted by Crippen LogP contribution is 2.30. The zero-order valence-electron chi connectivity index (χ0n) is 13.0. The van der Waals surface area contributed by atoms with Gasteiger partial charge in [-0.1, -0.05) is 36.4 Å². The van der Waals surface area contributed by atoms with Gasteiger partial charge in [-0.25, -0.2) is 13.1 Å². The van der Waals surface area contributed by atoms with Crippen molar-refractivity contribution in [2.75, 3.05) is 0 Å². The van der Waals surface area contributed by atoms with Gasteiger partial charge in [0.05, 0.1) is 0 Å². The van der Waals surface area contributed by atoms with Gasteiger partial charge in [0.1, 0.15) is 10.6 Å². The number of hydrogen-bond acceptors (Lipinski definition) is 3. The maximum Gasteiger partial charge on any atom is 0.573 e. The molecular weight excluding hydrogens is 343 g/mol. The van der Waals surface area contributed by atoms with E-state index in [1.807, 2.05) is 19.1 Å². The topological polar surface area (TPSA) is 55.4 Å². The monoisotopic (exact) mass is 359 g/mol. The van der Waals surface area contributed by atoms with Crippen molar-refractivity contribution in [3.8, 4) is 5.75 Å². The van der Waals surface area contributed by atoms with Crippen molar-refractivity contribution in [3.05, 3.63) is 59.7 Å². The first-order chi connectivity index (χ1) is 11.1. The van der Waals surface area contributed by atoms with Gasteiger partial charge >= 0.3 is 6.36 Å². The van der Waals surface area contributed by atoms with E-state index in [-0.39, 0.29) is 0 Å². The SMILES string of the molecule is Cc1ccccc1C(C)NS(=O)(=O)c1ccccc1OC(F)(F)F. The lowest BCUT2D eigenvalue weighted by atomic mass is 10.0. The van der Waals surface area contributed by atoms with Crippen LogP contribution in [0.1, 0.15) is 24.1 Å². The third-order valence-corrected chi connectivity index (χ3v) is 4.93. The van der Waals surface area contributed by atoms with Gasteiger partial charge in [-0.05, 0) is 37.1 Å². The summed E-state index contributed by atoms with van der Waals surface area (Å²) >= 11 is 0. The molecule has 0 saturated carbocycles. The summed E-state index contributed by atoms with van der Waals surface area (Å²) in [4.78, 5) is -0.567. The van der Waals surface area contributed by atoms with E-state index in [0.717, 1.165) is 23.3 Å². The van der Waals surface area contributed by atoms with Crippen LogP contribution < -0.4 is 9.46 Å². The number of alkyl halides is 3. The highest BCUT2D eigenvalue weighted by molar-refractivity contribution is 7.89. The molecule has 0 saturated heterocycles. The number of ether oxygens (including phenoxy) is 1. The second-order valence-electron chi connectivity index (χ2n) is 5.19. The Hall–Kier alpha value is -2.06. The van der Waals surface area contributed by atoms with Crippen molar-refractivity contribution in [3.63, 3.8) is 0 Å². The second-order valence-corrected chi connectivity index (χ2v) is 6.88. The zero-order valence-corrected chi connectivity index (χ0v) is 13.8. The Morgan fingerprint density at radius 3 is 2.25 bits per heavy atom. The van der Waals surface area contributed by atoms with Crippen LogP contribution in [0.2, 0.25) is 0 Å². The molecule has 2 rings (SSSR count). The molecule has 0 radical (unpaired) electrons. The van der Waals surface area contributed by atoms with Gasteiger partial charge < -0.3 is 4.74 Å². The molecule has 0 amide bonds. The number of nitrogens with one attached hydrogen (secondary N) is 1. The molecule has 0 aliphatic heterocycles. The fraction of sp³-hybridized carbons (Fsp3) is 0.250. The second kappa shape index (κ2) is 6.82. The quantitative estimate of drug-likeness (QED) is 0.880. The molecule has 1 N–H and O–H groups in total. The Morgan fingerprint density at radius 1 is 1.04 bits per heavy atom. The number of benzene rings is 2. The summed E-state index contributed by atoms with van der Waals surface area (Å²) < 4.78 is 68.5. The van der Waals surface area contributed by atoms with Gasteiger partial charge in [-0.3, -0.25) is 0 Å². The maximum atomic E-state index is 12.5. The molecule has 0 bridgehead atoms. The lowest BCUT2D eigenvalue weighted by molar-refractivity contribution is -0.275. The molecule has 4 nitrogen and oxygen atoms in total. The minimum atomic E-state index is -4.98. The molecule has 2 aromatic carbocycles. The van der Waals surface area contributed by atoms with E-state index in [2.05, 4.69) is 9.46 Å². The Balaban J connectivity index is 2.33. The zero-order chi connectivity index (χ0) is 18.0. The lowest BCUT2D eigenvalue weighted by Crippen LogP contribution is -2.28. The number of halogens is 3. The summed E-state index contributed by atoms with van der Waals surface area (Å²) in [5, 5.41) is 0. The highest BCUT2D eigenvalue weighted by atomic mass is 32.2. The van der Waals surface area contributed by atoms with Crippen molar-refractivity contribution in [2.24, 2.45) is 0 Å². The molecule has 0 spiro atoms. The predicted molar refractivity (Wildman–Crippen MR) is 83.0 cm³/mol. The normalized spacial score (nSPS) is 13.5. The van der Waals surface area contributed by atoms with Crippen molar-refractivity contribution < 1.29 is 26.3 Å². The third-order valence-electron chi connectivity index (χ3n) is 3.35. The Labute approximate surface area is 138 Å². The van der Waals surface area contributed by atoms with Crippen LogP contribution in [0.15, 0.2) is 53.4 Å². The van der Waals surface area contributed by atoms with Crippen molar-refractivity contribution in [1.82, 2.24) is 4.72 Å². The first-order valence-corrected chi connectivity index (χ1v) is 8.51. The smallest absolute Gasteiger partial charge is 0.404 e. The molecule has 0 aromatic heterocycles. The third kappa shape index (κ3) is 4.48. The van der Waals surface area contributed by atoms with Crippen molar-refractivity contribution in [1.29, 1.82) is 0 Å². The molecule has 130 valence electrons. The van der Waals surface area contributed by atoms with Crippen LogP contribution in [0.4, 0.5) is 13.2 Å². The summed E-state index contributed by atoms with van der Waals surface area (Å²) in [5.41, 5.74) is 1.60. The number of hydrogen-bond donors (Lipinski definition) is 1. The van der Waals surface area contributed by atoms with E-state index >= 15 is 0 Å². The summed E-state index contributed by atoms with van der Waals surface area (Å²) in [5.74, 6) is -0.769. The number of para-hydroxylation sites is 1. The maximum absolute atomic E-state index is 12.5. The van der Waals surface area contributed by atoms with Gasteiger partial charge in [-0.15, -0.1) is 13.2 Å². The van der Waals surface area contributed by atoms with Crippen LogP contribution in [0, 0.1) is 6.92 Å². The standard InChI is InChI=1S/C16H16F3NO3S/c1-11-7-3-4-8-13(11)12(2)20-24(21,22)15-10-6-5-9-14(15)23-16(17,18)19/h3-10,12,20H,1-2H3. The summed E-state index contributed by atoms with van der Waals surface area (Å²) in [7, 11) is -4.20. The molecule has 8 heteroatoms. The van der Waals surface area contributed by atoms with E-state index in [9.17, 15) is 21.6 Å². The molecule has 0 aliphatic carbocycles. The number of aryl methyl sites for hydroxylation is 1. The average Bonchev–Trinajstić information content (AvgIpc) is 2.45. The predicted octanol–water partition coefficient (Wildman–Crippen LogP) is 3.93. The van der Waals surface area contributed by atoms with Crippen LogP contribution in [0.25, 0.3) is 0 Å². The molecule has 0 aliphatic rings. The first-order valence-electron chi connectivity index (χ1n) is 7.03. The Bertz CT molecular complexity index is 819. The average molecular weight is 359 g/mol. The van der Waals surface area contributed by atoms with Gasteiger partial charge in [0, 0.05) is 6.04 Å². The van der Waals surface area contributed by atoms with Crippen molar-refractivity contribution >= 4 is 10.0 Å². The summed E-state index contributed by atoms with van der Waals surface area (Å²) in [6.45, 7) is 3.44. The van der Waals surface area contributed by atoms with Crippen LogP contribution in [0.3, 0.4) is 0 Å². The molecule has 1 unspecified atom stereocenters. The fourth-order valence-electron chi connectivity index (χ4n) is 2.31. The van der Waals surface area contributed by atoms with E-state index in [1.165, 1.54) is 12.1 Å². The Morgan fingerprint density at radius 2 is 1.62 bits per heavy atom.